The minimum absolute atomic E-state index is 0.104. The van der Waals surface area contributed by atoms with Crippen LogP contribution in [-0.4, -0.2) is 29.7 Å². The molecular weight excluding hydrogens is 216 g/mol. The highest BCUT2D eigenvalue weighted by atomic mass is 16.5. The van der Waals surface area contributed by atoms with E-state index in [0.29, 0.717) is 5.82 Å². The van der Waals surface area contributed by atoms with Crippen molar-refractivity contribution in [2.75, 3.05) is 25.4 Å². The van der Waals surface area contributed by atoms with Crippen LogP contribution in [0.3, 0.4) is 0 Å². The summed E-state index contributed by atoms with van der Waals surface area (Å²) in [5, 5.41) is 3.31. The van der Waals surface area contributed by atoms with Crippen LogP contribution in [0.25, 0.3) is 11.0 Å². The van der Waals surface area contributed by atoms with Crippen LogP contribution in [0.15, 0.2) is 24.4 Å². The summed E-state index contributed by atoms with van der Waals surface area (Å²) in [6.07, 6.45) is 1.68. The molecular formula is C12H14N4O. The van der Waals surface area contributed by atoms with Crippen LogP contribution in [0.2, 0.25) is 0 Å². The zero-order valence-electron chi connectivity index (χ0n) is 9.39. The summed E-state index contributed by atoms with van der Waals surface area (Å²) in [5.74, 6) is 0.445. The molecule has 1 aliphatic heterocycles. The highest BCUT2D eigenvalue weighted by Crippen LogP contribution is 2.22. The smallest absolute Gasteiger partial charge is 0.142 e. The van der Waals surface area contributed by atoms with Gasteiger partial charge in [-0.1, -0.05) is 6.07 Å². The summed E-state index contributed by atoms with van der Waals surface area (Å²) in [5.41, 5.74) is 8.39. The van der Waals surface area contributed by atoms with Crippen molar-refractivity contribution < 1.29 is 4.74 Å². The second-order valence-electron chi connectivity index (χ2n) is 4.11. The Labute approximate surface area is 99.0 Å². The molecule has 0 radical (unpaired) electrons. The highest BCUT2D eigenvalue weighted by molar-refractivity contribution is 5.76. The van der Waals surface area contributed by atoms with Gasteiger partial charge in [0.15, 0.2) is 0 Å². The number of aromatic nitrogens is 2. The van der Waals surface area contributed by atoms with E-state index in [9.17, 15) is 0 Å². The maximum absolute atomic E-state index is 5.70. The molecule has 3 N–H and O–H groups in total. The van der Waals surface area contributed by atoms with Crippen molar-refractivity contribution in [2.45, 2.75) is 6.10 Å². The molecule has 1 aromatic heterocycles. The fraction of sp³-hybridized carbons (Fsp3) is 0.333. The molecule has 0 spiro atoms. The van der Waals surface area contributed by atoms with Gasteiger partial charge in [-0.05, 0) is 17.7 Å². The molecule has 1 saturated heterocycles. The van der Waals surface area contributed by atoms with E-state index in [-0.39, 0.29) is 6.10 Å². The lowest BCUT2D eigenvalue weighted by molar-refractivity contribution is 0.0278. The maximum Gasteiger partial charge on any atom is 0.142 e. The molecule has 0 bridgehead atoms. The average molecular weight is 230 g/mol. The lowest BCUT2D eigenvalue weighted by Gasteiger charge is -2.24. The van der Waals surface area contributed by atoms with Crippen LogP contribution in [0.4, 0.5) is 5.82 Å². The number of hydrogen-bond donors (Lipinski definition) is 2. The average Bonchev–Trinajstić information content (AvgIpc) is 2.39. The van der Waals surface area contributed by atoms with Gasteiger partial charge < -0.3 is 15.8 Å². The van der Waals surface area contributed by atoms with Gasteiger partial charge in [-0.3, -0.25) is 4.98 Å². The fourth-order valence-corrected chi connectivity index (χ4v) is 2.02. The predicted molar refractivity (Wildman–Crippen MR) is 65.5 cm³/mol. The van der Waals surface area contributed by atoms with E-state index in [1.54, 1.807) is 6.20 Å². The van der Waals surface area contributed by atoms with Gasteiger partial charge in [0.25, 0.3) is 0 Å². The van der Waals surface area contributed by atoms with Gasteiger partial charge in [-0.15, -0.1) is 0 Å². The fourth-order valence-electron chi connectivity index (χ4n) is 2.02. The number of ether oxygens (including phenoxy) is 1. The summed E-state index contributed by atoms with van der Waals surface area (Å²) in [7, 11) is 0. The topological polar surface area (TPSA) is 73.1 Å². The summed E-state index contributed by atoms with van der Waals surface area (Å²) >= 11 is 0. The Hall–Kier alpha value is -1.72. The Kier molecular flexibility index (Phi) is 2.62. The van der Waals surface area contributed by atoms with Crippen molar-refractivity contribution in [1.29, 1.82) is 0 Å². The lowest BCUT2D eigenvalue weighted by atomic mass is 10.1. The lowest BCUT2D eigenvalue weighted by Crippen LogP contribution is -2.33. The monoisotopic (exact) mass is 230 g/mol. The number of nitrogens with one attached hydrogen (secondary N) is 1. The van der Waals surface area contributed by atoms with E-state index in [1.807, 2.05) is 18.2 Å². The first-order chi connectivity index (χ1) is 8.33. The van der Waals surface area contributed by atoms with Gasteiger partial charge in [0.05, 0.1) is 29.9 Å². The van der Waals surface area contributed by atoms with E-state index >= 15 is 0 Å². The van der Waals surface area contributed by atoms with Crippen LogP contribution < -0.4 is 11.1 Å². The molecule has 0 aliphatic carbocycles. The molecule has 0 saturated carbocycles. The molecule has 2 heterocycles. The van der Waals surface area contributed by atoms with E-state index in [1.165, 1.54) is 0 Å². The minimum Gasteiger partial charge on any atom is -0.382 e. The SMILES string of the molecule is Nc1cnc2cc(C3CNCCO3)ccc2n1. The van der Waals surface area contributed by atoms with Crippen LogP contribution >= 0.6 is 0 Å². The molecule has 1 fully saturated rings. The Morgan fingerprint density at radius 1 is 1.35 bits per heavy atom. The summed E-state index contributed by atoms with van der Waals surface area (Å²) in [6.45, 7) is 2.50. The van der Waals surface area contributed by atoms with Crippen molar-refractivity contribution in [3.8, 4) is 0 Å². The van der Waals surface area contributed by atoms with Gasteiger partial charge >= 0.3 is 0 Å². The van der Waals surface area contributed by atoms with Gasteiger partial charge in [-0.25, -0.2) is 4.98 Å². The van der Waals surface area contributed by atoms with Crippen LogP contribution in [0.1, 0.15) is 11.7 Å². The molecule has 1 aliphatic rings. The molecule has 5 nitrogen and oxygen atoms in total. The molecule has 17 heavy (non-hydrogen) atoms. The standard InChI is InChI=1S/C12H14N4O/c13-12-7-15-10-5-8(1-2-9(10)16-12)11-6-14-3-4-17-11/h1-2,5,7,11,14H,3-4,6H2,(H2,13,16). The third kappa shape index (κ3) is 2.07. The zero-order chi connectivity index (χ0) is 11.7. The first kappa shape index (κ1) is 10.4. The number of nitrogen functional groups attached to an aromatic ring is 1. The summed E-state index contributed by atoms with van der Waals surface area (Å²) in [4.78, 5) is 8.49. The molecule has 5 heteroatoms. The van der Waals surface area contributed by atoms with Crippen molar-refractivity contribution in [3.05, 3.63) is 30.0 Å². The van der Waals surface area contributed by atoms with Gasteiger partial charge in [0.1, 0.15) is 5.82 Å². The number of fused-ring (bicyclic) bond motifs is 1. The molecule has 3 rings (SSSR count). The highest BCUT2D eigenvalue weighted by Gasteiger charge is 2.16. The second kappa shape index (κ2) is 4.27. The normalized spacial score (nSPS) is 20.6. The van der Waals surface area contributed by atoms with Gasteiger partial charge in [0.2, 0.25) is 0 Å². The van der Waals surface area contributed by atoms with Crippen molar-refractivity contribution in [2.24, 2.45) is 0 Å². The Morgan fingerprint density at radius 2 is 2.29 bits per heavy atom. The Bertz CT molecular complexity index is 537. The third-order valence-corrected chi connectivity index (χ3v) is 2.88. The van der Waals surface area contributed by atoms with Crippen molar-refractivity contribution in [1.82, 2.24) is 15.3 Å². The molecule has 1 aromatic carbocycles. The number of rotatable bonds is 1. The van der Waals surface area contributed by atoms with Crippen molar-refractivity contribution in [3.63, 3.8) is 0 Å². The number of nitrogens with two attached hydrogens (primary N) is 1. The van der Waals surface area contributed by atoms with E-state index in [4.69, 9.17) is 10.5 Å². The minimum atomic E-state index is 0.104. The maximum atomic E-state index is 5.70. The number of nitrogens with zero attached hydrogens (tertiary/aromatic N) is 2. The van der Waals surface area contributed by atoms with E-state index in [0.717, 1.165) is 36.3 Å². The third-order valence-electron chi connectivity index (χ3n) is 2.88. The first-order valence-corrected chi connectivity index (χ1v) is 5.67. The molecule has 1 unspecified atom stereocenters. The first-order valence-electron chi connectivity index (χ1n) is 5.67. The summed E-state index contributed by atoms with van der Waals surface area (Å²) in [6, 6.07) is 5.97. The van der Waals surface area contributed by atoms with Crippen LogP contribution in [0.5, 0.6) is 0 Å². The van der Waals surface area contributed by atoms with Gasteiger partial charge in [0, 0.05) is 13.1 Å². The molecule has 2 aromatic rings. The number of benzene rings is 1. The number of morpholine rings is 1. The zero-order valence-corrected chi connectivity index (χ0v) is 9.39. The van der Waals surface area contributed by atoms with Crippen LogP contribution in [-0.2, 0) is 4.74 Å². The molecule has 1 atom stereocenters. The molecule has 88 valence electrons. The van der Waals surface area contributed by atoms with Crippen molar-refractivity contribution >= 4 is 16.9 Å². The number of hydrogen-bond acceptors (Lipinski definition) is 5. The quantitative estimate of drug-likeness (QED) is 0.760. The molecule has 0 amide bonds. The summed E-state index contributed by atoms with van der Waals surface area (Å²) < 4.78 is 5.70. The largest absolute Gasteiger partial charge is 0.382 e. The second-order valence-corrected chi connectivity index (χ2v) is 4.11. The van der Waals surface area contributed by atoms with Crippen LogP contribution in [0, 0.1) is 0 Å². The predicted octanol–water partition coefficient (Wildman–Crippen LogP) is 0.873. The Morgan fingerprint density at radius 3 is 3.12 bits per heavy atom. The van der Waals surface area contributed by atoms with E-state index < -0.39 is 0 Å². The van der Waals surface area contributed by atoms with Gasteiger partial charge in [-0.2, -0.15) is 0 Å². The Balaban J connectivity index is 1.98. The van der Waals surface area contributed by atoms with E-state index in [2.05, 4.69) is 15.3 Å². The number of anilines is 1.